The molecular formula is C16H21ClN4O3. The zero-order chi connectivity index (χ0) is 17.5. The highest BCUT2D eigenvalue weighted by atomic mass is 35.5. The Bertz CT molecular complexity index is 679. The molecule has 0 unspecified atom stereocenters. The van der Waals surface area contributed by atoms with Crippen molar-refractivity contribution in [1.29, 1.82) is 0 Å². The van der Waals surface area contributed by atoms with E-state index in [0.29, 0.717) is 43.4 Å². The van der Waals surface area contributed by atoms with Gasteiger partial charge in [-0.25, -0.2) is 9.78 Å². The maximum atomic E-state index is 12.1. The molecule has 24 heavy (non-hydrogen) atoms. The number of fused-ring (bicyclic) bond motifs is 1. The number of amides is 2. The minimum Gasteiger partial charge on any atom is -0.444 e. The lowest BCUT2D eigenvalue weighted by Gasteiger charge is -2.36. The van der Waals surface area contributed by atoms with Crippen LogP contribution in [0.15, 0.2) is 6.07 Å². The zero-order valence-corrected chi connectivity index (χ0v) is 14.8. The fourth-order valence-electron chi connectivity index (χ4n) is 2.86. The standard InChI is InChI=1S/C16H21ClN4O3/c1-16(2,3)24-15(23)21-6-4-20(5-7-21)13-11-9-18-14(22)10(11)8-12(17)19-13/h8H,4-7,9H2,1-3H3,(H,18,22). The number of hydrogen-bond acceptors (Lipinski definition) is 5. The van der Waals surface area contributed by atoms with Crippen LogP contribution in [0.4, 0.5) is 10.6 Å². The maximum absolute atomic E-state index is 12.1. The predicted molar refractivity (Wildman–Crippen MR) is 90.4 cm³/mol. The van der Waals surface area contributed by atoms with Gasteiger partial charge in [0.2, 0.25) is 0 Å². The Hall–Kier alpha value is -2.02. The third-order valence-corrected chi connectivity index (χ3v) is 4.17. The average Bonchev–Trinajstić information content (AvgIpc) is 2.86. The van der Waals surface area contributed by atoms with Gasteiger partial charge in [-0.2, -0.15) is 0 Å². The molecule has 2 aliphatic rings. The molecule has 2 amide bonds. The molecule has 1 aromatic rings. The molecule has 0 spiro atoms. The Morgan fingerprint density at radius 2 is 1.96 bits per heavy atom. The molecule has 0 aromatic carbocycles. The SMILES string of the molecule is CC(C)(C)OC(=O)N1CCN(c2nc(Cl)cc3c2CNC3=O)CC1. The van der Waals surface area contributed by atoms with Crippen molar-refractivity contribution >= 4 is 29.4 Å². The van der Waals surface area contributed by atoms with E-state index in [0.717, 1.165) is 11.4 Å². The molecule has 1 aromatic heterocycles. The minimum absolute atomic E-state index is 0.122. The first-order chi connectivity index (χ1) is 11.2. The summed E-state index contributed by atoms with van der Waals surface area (Å²) in [5.41, 5.74) is 0.949. The Morgan fingerprint density at radius 3 is 2.58 bits per heavy atom. The second-order valence-corrected chi connectivity index (χ2v) is 7.32. The summed E-state index contributed by atoms with van der Waals surface area (Å²) in [7, 11) is 0. The van der Waals surface area contributed by atoms with Crippen molar-refractivity contribution in [3.05, 3.63) is 22.3 Å². The highest BCUT2D eigenvalue weighted by Gasteiger charge is 2.30. The number of ether oxygens (including phenoxy) is 1. The number of hydrogen-bond donors (Lipinski definition) is 1. The third-order valence-electron chi connectivity index (χ3n) is 3.97. The topological polar surface area (TPSA) is 74.8 Å². The van der Waals surface area contributed by atoms with Crippen LogP contribution in [0.5, 0.6) is 0 Å². The van der Waals surface area contributed by atoms with E-state index >= 15 is 0 Å². The summed E-state index contributed by atoms with van der Waals surface area (Å²) < 4.78 is 5.40. The monoisotopic (exact) mass is 352 g/mol. The van der Waals surface area contributed by atoms with Crippen LogP contribution in [0.25, 0.3) is 0 Å². The van der Waals surface area contributed by atoms with Crippen molar-refractivity contribution < 1.29 is 14.3 Å². The Labute approximate surface area is 145 Å². The van der Waals surface area contributed by atoms with Crippen molar-refractivity contribution in [1.82, 2.24) is 15.2 Å². The van der Waals surface area contributed by atoms with Crippen molar-refractivity contribution in [3.63, 3.8) is 0 Å². The number of pyridine rings is 1. The van der Waals surface area contributed by atoms with Gasteiger partial charge in [-0.3, -0.25) is 4.79 Å². The van der Waals surface area contributed by atoms with E-state index in [1.54, 1.807) is 11.0 Å². The highest BCUT2D eigenvalue weighted by molar-refractivity contribution is 6.30. The van der Waals surface area contributed by atoms with Gasteiger partial charge in [0.05, 0.1) is 5.56 Å². The van der Waals surface area contributed by atoms with Crippen LogP contribution >= 0.6 is 11.6 Å². The second-order valence-electron chi connectivity index (χ2n) is 6.93. The van der Waals surface area contributed by atoms with Gasteiger partial charge in [0.1, 0.15) is 16.6 Å². The smallest absolute Gasteiger partial charge is 0.410 e. The van der Waals surface area contributed by atoms with Gasteiger partial charge in [-0.15, -0.1) is 0 Å². The Kier molecular flexibility index (Phi) is 4.29. The van der Waals surface area contributed by atoms with E-state index in [1.165, 1.54) is 0 Å². The summed E-state index contributed by atoms with van der Waals surface area (Å²) >= 11 is 6.06. The van der Waals surface area contributed by atoms with Gasteiger partial charge in [0, 0.05) is 38.3 Å². The lowest BCUT2D eigenvalue weighted by Crippen LogP contribution is -2.50. The van der Waals surface area contributed by atoms with Crippen molar-refractivity contribution in [3.8, 4) is 0 Å². The first kappa shape index (κ1) is 16.8. The number of nitrogens with one attached hydrogen (secondary N) is 1. The van der Waals surface area contributed by atoms with E-state index in [2.05, 4.69) is 15.2 Å². The number of nitrogens with zero attached hydrogens (tertiary/aromatic N) is 3. The van der Waals surface area contributed by atoms with Crippen LogP contribution in [-0.4, -0.2) is 53.7 Å². The lowest BCUT2D eigenvalue weighted by molar-refractivity contribution is 0.0240. The van der Waals surface area contributed by atoms with Gasteiger partial charge < -0.3 is 19.9 Å². The summed E-state index contributed by atoms with van der Waals surface area (Å²) in [6.07, 6.45) is -0.303. The number of aromatic nitrogens is 1. The van der Waals surface area contributed by atoms with E-state index in [-0.39, 0.29) is 12.0 Å². The largest absolute Gasteiger partial charge is 0.444 e. The summed E-state index contributed by atoms with van der Waals surface area (Å²) in [6, 6.07) is 1.60. The maximum Gasteiger partial charge on any atom is 0.410 e. The molecule has 0 saturated carbocycles. The summed E-state index contributed by atoms with van der Waals surface area (Å²) in [5, 5.41) is 3.10. The lowest BCUT2D eigenvalue weighted by atomic mass is 10.1. The Balaban J connectivity index is 1.71. The van der Waals surface area contributed by atoms with Crippen molar-refractivity contribution in [2.24, 2.45) is 0 Å². The van der Waals surface area contributed by atoms with Crippen molar-refractivity contribution in [2.75, 3.05) is 31.1 Å². The average molecular weight is 353 g/mol. The third kappa shape index (κ3) is 3.40. The number of rotatable bonds is 1. The van der Waals surface area contributed by atoms with E-state index in [9.17, 15) is 9.59 Å². The normalized spacial score (nSPS) is 17.6. The van der Waals surface area contributed by atoms with E-state index in [4.69, 9.17) is 16.3 Å². The van der Waals surface area contributed by atoms with Crippen LogP contribution < -0.4 is 10.2 Å². The fraction of sp³-hybridized carbons (Fsp3) is 0.562. The molecule has 7 nitrogen and oxygen atoms in total. The first-order valence-electron chi connectivity index (χ1n) is 7.95. The molecule has 0 atom stereocenters. The van der Waals surface area contributed by atoms with Crippen LogP contribution in [0, 0.1) is 0 Å². The minimum atomic E-state index is -0.504. The second kappa shape index (κ2) is 6.12. The number of carbonyl (C=O) groups is 2. The van der Waals surface area contributed by atoms with Gasteiger partial charge >= 0.3 is 6.09 Å². The van der Waals surface area contributed by atoms with Gasteiger partial charge in [-0.1, -0.05) is 11.6 Å². The van der Waals surface area contributed by atoms with Crippen LogP contribution in [0.3, 0.4) is 0 Å². The van der Waals surface area contributed by atoms with Crippen LogP contribution in [0.1, 0.15) is 36.7 Å². The molecule has 0 bridgehead atoms. The summed E-state index contributed by atoms with van der Waals surface area (Å²) in [6.45, 7) is 8.33. The molecule has 1 saturated heterocycles. The number of piperazine rings is 1. The number of halogens is 1. The Morgan fingerprint density at radius 1 is 1.29 bits per heavy atom. The zero-order valence-electron chi connectivity index (χ0n) is 14.1. The molecule has 3 rings (SSSR count). The van der Waals surface area contributed by atoms with Crippen LogP contribution in [0.2, 0.25) is 5.15 Å². The summed E-state index contributed by atoms with van der Waals surface area (Å²) in [4.78, 5) is 32.1. The molecular weight excluding hydrogens is 332 g/mol. The molecule has 1 N–H and O–H groups in total. The molecule has 0 aliphatic carbocycles. The number of carbonyl (C=O) groups excluding carboxylic acids is 2. The molecule has 130 valence electrons. The van der Waals surface area contributed by atoms with E-state index < -0.39 is 5.60 Å². The fourth-order valence-corrected chi connectivity index (χ4v) is 3.05. The molecule has 2 aliphatic heterocycles. The van der Waals surface area contributed by atoms with Crippen LogP contribution in [-0.2, 0) is 11.3 Å². The van der Waals surface area contributed by atoms with E-state index in [1.807, 2.05) is 20.8 Å². The quantitative estimate of drug-likeness (QED) is 0.783. The summed E-state index contributed by atoms with van der Waals surface area (Å²) in [5.74, 6) is 0.600. The molecule has 8 heteroatoms. The molecule has 0 radical (unpaired) electrons. The predicted octanol–water partition coefficient (Wildman–Crippen LogP) is 2.04. The molecule has 1 fully saturated rings. The van der Waals surface area contributed by atoms with Gasteiger partial charge in [0.15, 0.2) is 0 Å². The highest BCUT2D eigenvalue weighted by Crippen LogP contribution is 2.29. The molecule has 3 heterocycles. The first-order valence-corrected chi connectivity index (χ1v) is 8.33. The van der Waals surface area contributed by atoms with Gasteiger partial charge in [0.25, 0.3) is 5.91 Å². The van der Waals surface area contributed by atoms with Gasteiger partial charge in [-0.05, 0) is 26.8 Å². The number of anilines is 1. The van der Waals surface area contributed by atoms with Crippen molar-refractivity contribution in [2.45, 2.75) is 32.9 Å².